The monoisotopic (exact) mass is 666 g/mol. The van der Waals surface area contributed by atoms with Crippen LogP contribution in [-0.2, 0) is 29.6 Å². The normalized spacial score (nSPS) is 29.9. The zero-order chi connectivity index (χ0) is 26.9. The van der Waals surface area contributed by atoms with Crippen LogP contribution in [0, 0.1) is 0 Å². The van der Waals surface area contributed by atoms with Crippen molar-refractivity contribution in [2.45, 2.75) is 107 Å². The Morgan fingerprint density at radius 1 is 0.703 bits per heavy atom. The summed E-state index contributed by atoms with van der Waals surface area (Å²) in [7, 11) is -5.93. The van der Waals surface area contributed by atoms with Crippen LogP contribution < -0.4 is 10.6 Å². The first-order valence-electron chi connectivity index (χ1n) is 12.8. The van der Waals surface area contributed by atoms with Gasteiger partial charge in [-0.3, -0.25) is 0 Å². The van der Waals surface area contributed by atoms with Gasteiger partial charge in [0.05, 0.1) is 0 Å². The van der Waals surface area contributed by atoms with Crippen molar-refractivity contribution in [1.29, 1.82) is 0 Å². The molecule has 0 saturated carbocycles. The molecule has 37 heavy (non-hydrogen) atoms. The molecule has 213 valence electrons. The van der Waals surface area contributed by atoms with Crippen molar-refractivity contribution < 1.29 is 45.6 Å². The summed E-state index contributed by atoms with van der Waals surface area (Å²) in [4.78, 5) is 0. The molecule has 1 aliphatic carbocycles. The van der Waals surface area contributed by atoms with Crippen LogP contribution in [0.1, 0.15) is 79.1 Å². The van der Waals surface area contributed by atoms with Gasteiger partial charge in [-0.15, -0.1) is 0 Å². The molecular weight excluding hydrogens is 626 g/mol. The van der Waals surface area contributed by atoms with Crippen molar-refractivity contribution in [3.05, 3.63) is 48.6 Å². The standard InChI is InChI=1S/C18H28P2.C8H12.CHF3O3S.Rh/c1-13-9-10-14(2)19(13)17-7-5-6-8-18(17)20-15(3)11-12-16(20)4;1-2-4-6-8-7-5-3-1;2-1(3,4)8(5,6)7;/h5-8,13-16H,9-12H2,1-4H3;1-2,7-8H,3-6H2;(H,5,6,7);/p-1/b;2-1-,8-7-;;/t13-,14-,15-,16?,20?;;;/m0.../s1. The summed E-state index contributed by atoms with van der Waals surface area (Å²) in [6, 6.07) is 9.55. The van der Waals surface area contributed by atoms with Gasteiger partial charge in [-0.1, -0.05) is 92.1 Å². The van der Waals surface area contributed by atoms with E-state index in [9.17, 15) is 13.2 Å². The maximum Gasteiger partial charge on any atom is 0.485 e. The zero-order valence-corrected chi connectivity index (χ0v) is 26.3. The molecule has 3 nitrogen and oxygen atoms in total. The maximum atomic E-state index is 10.7. The zero-order valence-electron chi connectivity index (χ0n) is 22.1. The van der Waals surface area contributed by atoms with Crippen LogP contribution in [0.5, 0.6) is 0 Å². The van der Waals surface area contributed by atoms with Gasteiger partial charge < -0.3 is 4.55 Å². The van der Waals surface area contributed by atoms with Crippen LogP contribution >= 0.6 is 15.8 Å². The van der Waals surface area contributed by atoms with Crippen LogP contribution in [-0.4, -0.2) is 41.1 Å². The van der Waals surface area contributed by atoms with E-state index < -0.39 is 15.6 Å². The molecule has 3 aliphatic rings. The molecule has 1 aromatic rings. The smallest absolute Gasteiger partial charge is 0.485 e. The third kappa shape index (κ3) is 10.8. The summed E-state index contributed by atoms with van der Waals surface area (Å²) in [5.41, 5.74) is -1.91. The maximum absolute atomic E-state index is 10.7. The van der Waals surface area contributed by atoms with E-state index in [0.29, 0.717) is 0 Å². The quantitative estimate of drug-likeness (QED) is 0.107. The molecule has 0 N–H and O–H groups in total. The molecule has 0 amide bonds. The Kier molecular flexibility index (Phi) is 15.3. The third-order valence-electron chi connectivity index (χ3n) is 6.96. The average molecular weight is 667 g/mol. The summed E-state index contributed by atoms with van der Waals surface area (Å²) in [5, 5.41) is 3.57. The van der Waals surface area contributed by atoms with Gasteiger partial charge in [0.2, 0.25) is 0 Å². The SMILES string of the molecule is C1=C\CC/C=C\CC/1.CC1CC[C@H](C)P1c1ccccc1P1[C@@H](C)CC[C@@H]1C.O=S(=O)([O-])C(F)(F)F.[Rh]. The van der Waals surface area contributed by atoms with E-state index in [0.717, 1.165) is 22.6 Å². The number of benzene rings is 1. The van der Waals surface area contributed by atoms with Crippen LogP contribution in [0.15, 0.2) is 48.6 Å². The third-order valence-corrected chi connectivity index (χ3v) is 14.4. The topological polar surface area (TPSA) is 57.2 Å². The van der Waals surface area contributed by atoms with Gasteiger partial charge in [-0.2, -0.15) is 13.2 Å². The molecule has 1 radical (unpaired) electrons. The average Bonchev–Trinajstić information content (AvgIpc) is 3.27. The molecule has 2 unspecified atom stereocenters. The van der Waals surface area contributed by atoms with Crippen LogP contribution in [0.25, 0.3) is 0 Å². The van der Waals surface area contributed by atoms with E-state index in [1.165, 1.54) is 51.4 Å². The van der Waals surface area contributed by atoms with Gasteiger partial charge in [0.25, 0.3) is 0 Å². The Hall–Kier alpha value is -0.117. The molecule has 2 fully saturated rings. The second-order valence-electron chi connectivity index (χ2n) is 9.85. The number of alkyl halides is 3. The summed E-state index contributed by atoms with van der Waals surface area (Å²) in [6.07, 6.45) is 19.8. The van der Waals surface area contributed by atoms with Crippen LogP contribution in [0.4, 0.5) is 13.2 Å². The van der Waals surface area contributed by atoms with E-state index in [1.807, 2.05) is 0 Å². The predicted molar refractivity (Wildman–Crippen MR) is 148 cm³/mol. The Morgan fingerprint density at radius 2 is 0.946 bits per heavy atom. The Labute approximate surface area is 237 Å². The van der Waals surface area contributed by atoms with Crippen molar-refractivity contribution in [1.82, 2.24) is 0 Å². The Bertz CT molecular complexity index is 896. The van der Waals surface area contributed by atoms with Crippen molar-refractivity contribution >= 4 is 36.6 Å². The number of rotatable bonds is 2. The number of hydrogen-bond acceptors (Lipinski definition) is 3. The van der Waals surface area contributed by atoms with Crippen molar-refractivity contribution in [3.8, 4) is 0 Å². The molecule has 0 aromatic heterocycles. The first-order chi connectivity index (χ1) is 16.8. The number of allylic oxidation sites excluding steroid dienone is 4. The summed E-state index contributed by atoms with van der Waals surface area (Å²) in [5.74, 6) is 0. The van der Waals surface area contributed by atoms with Crippen molar-refractivity contribution in [2.24, 2.45) is 0 Å². The minimum absolute atomic E-state index is 0. The largest absolute Gasteiger partial charge is 0.741 e. The Morgan fingerprint density at radius 3 is 1.16 bits per heavy atom. The van der Waals surface area contributed by atoms with Gasteiger partial charge in [0.1, 0.15) is 0 Å². The molecule has 2 heterocycles. The molecule has 4 rings (SSSR count). The predicted octanol–water partition coefficient (Wildman–Crippen LogP) is 7.76. The first-order valence-corrected chi connectivity index (χ1v) is 17.2. The fourth-order valence-electron chi connectivity index (χ4n) is 5.10. The summed E-state index contributed by atoms with van der Waals surface area (Å²) >= 11 is 0. The fourth-order valence-corrected chi connectivity index (χ4v) is 12.3. The molecular formula is C27H40F3O3P2RhS-. The van der Waals surface area contributed by atoms with Gasteiger partial charge in [0.15, 0.2) is 10.1 Å². The molecule has 0 spiro atoms. The minimum Gasteiger partial charge on any atom is -0.741 e. The Balaban J connectivity index is 0.000000335. The van der Waals surface area contributed by atoms with Crippen molar-refractivity contribution in [3.63, 3.8) is 0 Å². The van der Waals surface area contributed by atoms with E-state index in [1.54, 1.807) is 10.6 Å². The van der Waals surface area contributed by atoms with E-state index in [2.05, 4.69) is 76.3 Å². The fraction of sp³-hybridized carbons (Fsp3) is 0.630. The minimum atomic E-state index is -6.09. The van der Waals surface area contributed by atoms with Crippen LogP contribution in [0.3, 0.4) is 0 Å². The van der Waals surface area contributed by atoms with Gasteiger partial charge in [-0.05, 0) is 84.6 Å². The van der Waals surface area contributed by atoms with Crippen LogP contribution in [0.2, 0.25) is 0 Å². The van der Waals surface area contributed by atoms with E-state index in [4.69, 9.17) is 13.0 Å². The number of halogens is 3. The first kappa shape index (κ1) is 34.9. The molecule has 0 bridgehead atoms. The van der Waals surface area contributed by atoms with E-state index >= 15 is 0 Å². The molecule has 1 aromatic carbocycles. The molecule has 10 heteroatoms. The van der Waals surface area contributed by atoms with Gasteiger partial charge in [0, 0.05) is 19.5 Å². The molecule has 5 atom stereocenters. The summed E-state index contributed by atoms with van der Waals surface area (Å²) in [6.45, 7) is 10.0. The van der Waals surface area contributed by atoms with Gasteiger partial charge >= 0.3 is 5.51 Å². The second kappa shape index (κ2) is 16.2. The molecule has 2 aliphatic heterocycles. The second-order valence-corrected chi connectivity index (χ2v) is 17.3. The van der Waals surface area contributed by atoms with E-state index in [-0.39, 0.29) is 35.3 Å². The van der Waals surface area contributed by atoms with Gasteiger partial charge in [-0.25, -0.2) is 8.42 Å². The summed E-state index contributed by atoms with van der Waals surface area (Å²) < 4.78 is 58.9. The van der Waals surface area contributed by atoms with Crippen molar-refractivity contribution in [2.75, 3.05) is 0 Å². The molecule has 2 saturated heterocycles. The number of hydrogen-bond donors (Lipinski definition) is 0.